The topological polar surface area (TPSA) is 50.3 Å². The van der Waals surface area contributed by atoms with Gasteiger partial charge in [-0.15, -0.1) is 0 Å². The summed E-state index contributed by atoms with van der Waals surface area (Å²) in [6, 6.07) is 48.3. The van der Waals surface area contributed by atoms with Gasteiger partial charge in [-0.25, -0.2) is 0 Å². The van der Waals surface area contributed by atoms with Crippen LogP contribution in [-0.2, 0) is 0 Å². The molecule has 2 N–H and O–H groups in total. The third-order valence-corrected chi connectivity index (χ3v) is 8.12. The van der Waals surface area contributed by atoms with E-state index in [0.29, 0.717) is 5.46 Å². The second kappa shape index (κ2) is 18.2. The van der Waals surface area contributed by atoms with E-state index in [1.54, 1.807) is 6.07 Å². The molecular formula is C36H26BF9N2O2. The Hall–Kier alpha value is -5.73. The minimum Gasteiger partial charge on any atom is -0.423 e. The molecule has 0 spiro atoms. The van der Waals surface area contributed by atoms with Crippen LogP contribution in [0, 0.1) is 0 Å². The maximum absolute atomic E-state index is 9.93. The standard InChI is InChI=1S/C36H25BN2O2.4F2.FH/c40-37(41)26-17-20-36-32(23-26)31-22-25(16-19-35(31)39(36)28-11-5-2-6-12-28)24-15-18-34-30(21-24)29-13-7-8-14-33(29)38(34)27-9-3-1-4-10-27;4*1-2;/h1-23,40-41H;;;;;1H. The predicted molar refractivity (Wildman–Crippen MR) is 182 cm³/mol. The fourth-order valence-electron chi connectivity index (χ4n) is 6.24. The van der Waals surface area contributed by atoms with E-state index in [9.17, 15) is 10.0 Å². The van der Waals surface area contributed by atoms with Gasteiger partial charge in [0.25, 0.3) is 0 Å². The van der Waals surface area contributed by atoms with Crippen LogP contribution in [0.4, 0.5) is 41.3 Å². The second-order valence-corrected chi connectivity index (χ2v) is 10.5. The molecule has 0 saturated heterocycles. The van der Waals surface area contributed by atoms with Gasteiger partial charge in [0.1, 0.15) is 0 Å². The van der Waals surface area contributed by atoms with Crippen molar-refractivity contribution in [2.24, 2.45) is 0 Å². The number of rotatable bonds is 4. The molecule has 14 heteroatoms. The smallest absolute Gasteiger partial charge is 0.423 e. The van der Waals surface area contributed by atoms with Crippen molar-refractivity contribution < 1.29 is 51.3 Å². The Morgan fingerprint density at radius 1 is 0.380 bits per heavy atom. The highest BCUT2D eigenvalue weighted by molar-refractivity contribution is 6.59. The van der Waals surface area contributed by atoms with Crippen LogP contribution in [0.15, 0.2) is 140 Å². The van der Waals surface area contributed by atoms with Crippen molar-refractivity contribution in [3.8, 4) is 22.5 Å². The first-order valence-electron chi connectivity index (χ1n) is 14.3. The predicted octanol–water partition coefficient (Wildman–Crippen LogP) is 10.7. The SMILES string of the molecule is F.FF.FF.FF.FF.OB(O)c1ccc2c(c1)c1cc(-c3ccc4c(c3)c3ccccc3n4-c3ccccc3)ccc1n2-c1ccccc1. The van der Waals surface area contributed by atoms with Gasteiger partial charge in [-0.3, -0.25) is 4.70 Å². The molecule has 2 heterocycles. The first kappa shape index (κ1) is 38.7. The molecule has 0 amide bonds. The maximum Gasteiger partial charge on any atom is 0.488 e. The Labute approximate surface area is 278 Å². The van der Waals surface area contributed by atoms with Crippen LogP contribution in [0.1, 0.15) is 0 Å². The van der Waals surface area contributed by atoms with Crippen molar-refractivity contribution in [1.29, 1.82) is 0 Å². The van der Waals surface area contributed by atoms with E-state index in [4.69, 9.17) is 36.6 Å². The van der Waals surface area contributed by atoms with Gasteiger partial charge in [-0.05, 0) is 77.3 Å². The quantitative estimate of drug-likeness (QED) is 0.142. The van der Waals surface area contributed by atoms with E-state index in [1.807, 2.05) is 36.4 Å². The fourth-order valence-corrected chi connectivity index (χ4v) is 6.24. The van der Waals surface area contributed by atoms with Crippen molar-refractivity contribution in [1.82, 2.24) is 9.13 Å². The number of fused-ring (bicyclic) bond motifs is 6. The van der Waals surface area contributed by atoms with Crippen LogP contribution in [0.5, 0.6) is 0 Å². The van der Waals surface area contributed by atoms with Gasteiger partial charge in [-0.1, -0.05) is 78.9 Å². The summed E-state index contributed by atoms with van der Waals surface area (Å²) in [6.07, 6.45) is 0. The largest absolute Gasteiger partial charge is 0.488 e. The summed E-state index contributed by atoms with van der Waals surface area (Å²) >= 11 is 0. The lowest BCUT2D eigenvalue weighted by atomic mass is 9.80. The third-order valence-electron chi connectivity index (χ3n) is 8.12. The Morgan fingerprint density at radius 3 is 1.20 bits per heavy atom. The van der Waals surface area contributed by atoms with E-state index in [-0.39, 0.29) is 4.70 Å². The molecule has 8 rings (SSSR count). The molecular weight excluding hydrogens is 674 g/mol. The van der Waals surface area contributed by atoms with Crippen LogP contribution in [0.2, 0.25) is 0 Å². The molecule has 0 saturated carbocycles. The zero-order valence-electron chi connectivity index (χ0n) is 25.6. The molecule has 0 aliphatic rings. The molecule has 2 aromatic heterocycles. The molecule has 0 aliphatic carbocycles. The van der Waals surface area contributed by atoms with Gasteiger partial charge < -0.3 is 19.2 Å². The fraction of sp³-hybridized carbons (Fsp3) is 0. The number of halogens is 9. The average Bonchev–Trinajstić information content (AvgIpc) is 3.70. The van der Waals surface area contributed by atoms with Gasteiger partial charge in [0, 0.05) is 69.5 Å². The number of aromatic nitrogens is 2. The zero-order valence-corrected chi connectivity index (χ0v) is 25.6. The molecule has 258 valence electrons. The summed E-state index contributed by atoms with van der Waals surface area (Å²) in [4.78, 5) is 0. The van der Waals surface area contributed by atoms with Crippen molar-refractivity contribution >= 4 is 56.2 Å². The Morgan fingerprint density at radius 2 is 0.740 bits per heavy atom. The van der Waals surface area contributed by atoms with Crippen LogP contribution in [0.3, 0.4) is 0 Å². The number of benzene rings is 6. The highest BCUT2D eigenvalue weighted by Crippen LogP contribution is 2.38. The van der Waals surface area contributed by atoms with Gasteiger partial charge in [0.15, 0.2) is 0 Å². The van der Waals surface area contributed by atoms with Gasteiger partial charge >= 0.3 is 7.12 Å². The van der Waals surface area contributed by atoms with Crippen LogP contribution in [0.25, 0.3) is 66.1 Å². The van der Waals surface area contributed by atoms with Crippen molar-refractivity contribution in [3.63, 3.8) is 0 Å². The van der Waals surface area contributed by atoms with Gasteiger partial charge in [-0.2, -0.15) is 0 Å². The summed E-state index contributed by atoms with van der Waals surface area (Å²) in [7, 11) is -1.53. The zero-order chi connectivity index (χ0) is 35.5. The van der Waals surface area contributed by atoms with E-state index < -0.39 is 7.12 Å². The van der Waals surface area contributed by atoms with Gasteiger partial charge in [0.05, 0.1) is 22.1 Å². The molecule has 0 bridgehead atoms. The van der Waals surface area contributed by atoms with Crippen LogP contribution >= 0.6 is 0 Å². The first-order valence-corrected chi connectivity index (χ1v) is 14.3. The lowest BCUT2D eigenvalue weighted by Gasteiger charge is -2.09. The number of nitrogens with zero attached hydrogens (tertiary/aromatic N) is 2. The molecule has 8 aromatic rings. The first-order chi connectivity index (χ1) is 24.2. The second-order valence-electron chi connectivity index (χ2n) is 10.5. The summed E-state index contributed by atoms with van der Waals surface area (Å²) in [5, 5.41) is 24.3. The minimum absolute atomic E-state index is 0. The van der Waals surface area contributed by atoms with Crippen molar-refractivity contribution in [2.75, 3.05) is 0 Å². The van der Waals surface area contributed by atoms with Gasteiger partial charge in [0.2, 0.25) is 0 Å². The molecule has 0 atom stereocenters. The highest BCUT2D eigenvalue weighted by atomic mass is 20.0. The number of hydrogen-bond acceptors (Lipinski definition) is 2. The Kier molecular flexibility index (Phi) is 14.1. The molecule has 0 radical (unpaired) electrons. The molecule has 0 aliphatic heterocycles. The molecule has 0 unspecified atom stereocenters. The third kappa shape index (κ3) is 7.16. The van der Waals surface area contributed by atoms with Crippen molar-refractivity contribution in [2.45, 2.75) is 0 Å². The summed E-state index contributed by atoms with van der Waals surface area (Å²) < 4.78 is 68.6. The maximum atomic E-state index is 9.93. The average molecular weight is 700 g/mol. The lowest BCUT2D eigenvalue weighted by Crippen LogP contribution is -2.29. The van der Waals surface area contributed by atoms with E-state index >= 15 is 0 Å². The molecule has 0 fully saturated rings. The van der Waals surface area contributed by atoms with E-state index in [1.165, 1.54) is 21.8 Å². The lowest BCUT2D eigenvalue weighted by molar-refractivity contribution is 0.108. The van der Waals surface area contributed by atoms with Crippen LogP contribution < -0.4 is 5.46 Å². The van der Waals surface area contributed by atoms with E-state index in [0.717, 1.165) is 44.3 Å². The minimum atomic E-state index is -1.53. The Bertz CT molecular complexity index is 2270. The van der Waals surface area contributed by atoms with Crippen molar-refractivity contribution in [3.05, 3.63) is 140 Å². The van der Waals surface area contributed by atoms with Crippen LogP contribution in [-0.4, -0.2) is 26.3 Å². The normalized spacial score (nSPS) is 10.0. The van der Waals surface area contributed by atoms with E-state index in [2.05, 4.69) is 106 Å². The molecule has 6 aromatic carbocycles. The molecule has 4 nitrogen and oxygen atoms in total. The molecule has 50 heavy (non-hydrogen) atoms. The summed E-state index contributed by atoms with van der Waals surface area (Å²) in [5.74, 6) is 0. The number of para-hydroxylation sites is 3. The Balaban J connectivity index is 0.000000704. The summed E-state index contributed by atoms with van der Waals surface area (Å²) in [6.45, 7) is 0. The monoisotopic (exact) mass is 700 g/mol. The summed E-state index contributed by atoms with van der Waals surface area (Å²) in [5.41, 5.74) is 9.37. The number of hydrogen-bond donors (Lipinski definition) is 2. The highest BCUT2D eigenvalue weighted by Gasteiger charge is 2.18.